The zero-order valence-corrected chi connectivity index (χ0v) is 20.9. The Morgan fingerprint density at radius 1 is 1.12 bits per heavy atom. The second-order valence-electron chi connectivity index (χ2n) is 7.81. The maximum atomic E-state index is 12.5. The van der Waals surface area contributed by atoms with Gasteiger partial charge in [-0.2, -0.15) is 0 Å². The molecular weight excluding hydrogens is 462 g/mol. The summed E-state index contributed by atoms with van der Waals surface area (Å²) < 4.78 is 35.2. The summed E-state index contributed by atoms with van der Waals surface area (Å²) in [5.74, 6) is -0.124. The molecule has 1 aromatic rings. The number of carbonyl (C=O) groups excluding carboxylic acids is 2. The molecule has 0 aliphatic heterocycles. The molecule has 34 heavy (non-hydrogen) atoms. The molecule has 2 amide bonds. The molecule has 0 heterocycles. The molecule has 0 radical (unpaired) electrons. The molecule has 0 saturated heterocycles. The molecule has 2 unspecified atom stereocenters. The highest BCUT2D eigenvalue weighted by Crippen LogP contribution is 2.23. The van der Waals surface area contributed by atoms with Crippen LogP contribution < -0.4 is 5.73 Å². The third-order valence-electron chi connectivity index (χ3n) is 5.34. The van der Waals surface area contributed by atoms with Gasteiger partial charge >= 0.3 is 6.09 Å². The third kappa shape index (κ3) is 10.4. The molecule has 0 bridgehead atoms. The Labute approximate surface area is 201 Å². The monoisotopic (exact) mass is 497 g/mol. The molecule has 12 heteroatoms. The molecule has 0 saturated carbocycles. The zero-order chi connectivity index (χ0) is 25.6. The Kier molecular flexibility index (Phi) is 13.0. The number of unbranched alkanes of at least 4 members (excludes halogenated alkanes) is 3. The van der Waals surface area contributed by atoms with Gasteiger partial charge < -0.3 is 20.1 Å². The summed E-state index contributed by atoms with van der Waals surface area (Å²) in [5.41, 5.74) is 14.4. The van der Waals surface area contributed by atoms with Gasteiger partial charge in [-0.3, -0.25) is 4.79 Å². The summed E-state index contributed by atoms with van der Waals surface area (Å²) in [7, 11) is -3.42. The molecule has 11 nitrogen and oxygen atoms in total. The average Bonchev–Trinajstić information content (AvgIpc) is 2.79. The van der Waals surface area contributed by atoms with Gasteiger partial charge in [-0.1, -0.05) is 36.5 Å². The zero-order valence-electron chi connectivity index (χ0n) is 20.1. The second kappa shape index (κ2) is 15.2. The minimum Gasteiger partial charge on any atom is -0.415 e. The van der Waals surface area contributed by atoms with Gasteiger partial charge in [-0.05, 0) is 44.4 Å². The van der Waals surface area contributed by atoms with E-state index in [4.69, 9.17) is 20.7 Å². The van der Waals surface area contributed by atoms with Crippen LogP contribution in [0, 0.1) is 0 Å². The first kappa shape index (κ1) is 29.2. The van der Waals surface area contributed by atoms with E-state index in [0.717, 1.165) is 25.5 Å². The predicted molar refractivity (Wildman–Crippen MR) is 129 cm³/mol. The van der Waals surface area contributed by atoms with Crippen LogP contribution in [0.2, 0.25) is 0 Å². The van der Waals surface area contributed by atoms with Crippen LogP contribution in [-0.2, 0) is 19.3 Å². The fourth-order valence-corrected chi connectivity index (χ4v) is 4.27. The lowest BCUT2D eigenvalue weighted by Crippen LogP contribution is -2.30. The second-order valence-corrected chi connectivity index (χ2v) is 10.1. The Bertz CT molecular complexity index is 928. The van der Waals surface area contributed by atoms with E-state index in [0.29, 0.717) is 43.6 Å². The van der Waals surface area contributed by atoms with E-state index in [-0.39, 0.29) is 12.5 Å². The van der Waals surface area contributed by atoms with E-state index >= 15 is 0 Å². The Morgan fingerprint density at radius 2 is 1.74 bits per heavy atom. The van der Waals surface area contributed by atoms with Crippen molar-refractivity contribution >= 4 is 21.8 Å². The molecular formula is C22H35N5O6S. The number of carbonyl (C=O) groups is 2. The van der Waals surface area contributed by atoms with E-state index in [9.17, 15) is 18.0 Å². The normalized spacial score (nSPS) is 12.9. The number of ether oxygens (including phenoxy) is 2. The van der Waals surface area contributed by atoms with Gasteiger partial charge in [-0.25, -0.2) is 13.2 Å². The molecule has 0 aliphatic rings. The highest BCUT2D eigenvalue weighted by Gasteiger charge is 2.25. The van der Waals surface area contributed by atoms with Gasteiger partial charge in [0, 0.05) is 41.9 Å². The standard InChI is InChI=1S/C22H35N5O6S/c1-4-27(5-2)20(28)17-11-13-18(14-12-17)21(33-22(23)29)32-16-19(34(3,30)31)10-8-6-7-9-15-25-26-24/h11-14,19,21H,4-10,15-16H2,1-3H3,(H2,23,29). The van der Waals surface area contributed by atoms with Crippen LogP contribution in [-0.4, -0.2) is 63.1 Å². The molecule has 0 fully saturated rings. The molecule has 190 valence electrons. The van der Waals surface area contributed by atoms with Crippen molar-refractivity contribution in [3.8, 4) is 0 Å². The number of hydrogen-bond donors (Lipinski definition) is 1. The largest absolute Gasteiger partial charge is 0.415 e. The number of rotatable bonds is 16. The minimum absolute atomic E-state index is 0.124. The van der Waals surface area contributed by atoms with Gasteiger partial charge in [0.2, 0.25) is 6.29 Å². The molecule has 0 aromatic heterocycles. The lowest BCUT2D eigenvalue weighted by Gasteiger charge is -2.22. The number of azide groups is 1. The van der Waals surface area contributed by atoms with Crippen LogP contribution in [0.5, 0.6) is 0 Å². The maximum absolute atomic E-state index is 12.5. The van der Waals surface area contributed by atoms with Crippen molar-refractivity contribution in [3.63, 3.8) is 0 Å². The highest BCUT2D eigenvalue weighted by atomic mass is 32.2. The van der Waals surface area contributed by atoms with Crippen LogP contribution in [0.1, 0.15) is 68.2 Å². The smallest absolute Gasteiger partial charge is 0.407 e. The Balaban J connectivity index is 2.82. The highest BCUT2D eigenvalue weighted by molar-refractivity contribution is 7.91. The van der Waals surface area contributed by atoms with Crippen LogP contribution in [0.3, 0.4) is 0 Å². The Morgan fingerprint density at radius 3 is 2.26 bits per heavy atom. The molecule has 0 spiro atoms. The topological polar surface area (TPSA) is 165 Å². The summed E-state index contributed by atoms with van der Waals surface area (Å²) in [4.78, 5) is 28.3. The fraction of sp³-hybridized carbons (Fsp3) is 0.636. The number of amides is 2. The lowest BCUT2D eigenvalue weighted by atomic mass is 10.1. The quantitative estimate of drug-likeness (QED) is 0.119. The lowest BCUT2D eigenvalue weighted by molar-refractivity contribution is -0.105. The first-order chi connectivity index (χ1) is 16.1. The van der Waals surface area contributed by atoms with Gasteiger partial charge in [0.05, 0.1) is 11.9 Å². The van der Waals surface area contributed by atoms with Crippen molar-refractivity contribution < 1.29 is 27.5 Å². The predicted octanol–water partition coefficient (Wildman–Crippen LogP) is 3.95. The molecule has 1 rings (SSSR count). The first-order valence-corrected chi connectivity index (χ1v) is 13.3. The van der Waals surface area contributed by atoms with Crippen LogP contribution in [0.15, 0.2) is 29.4 Å². The SMILES string of the molecule is CCN(CC)C(=O)c1ccc(C(OCC(CCCCCCN=[N+]=[N-])S(C)(=O)=O)OC(N)=O)cc1. The third-order valence-corrected chi connectivity index (χ3v) is 6.92. The number of benzene rings is 1. The number of primary amides is 1. The van der Waals surface area contributed by atoms with Crippen LogP contribution in [0.25, 0.3) is 10.4 Å². The van der Waals surface area contributed by atoms with E-state index < -0.39 is 27.5 Å². The molecule has 2 N–H and O–H groups in total. The molecule has 1 aromatic carbocycles. The minimum atomic E-state index is -3.42. The van der Waals surface area contributed by atoms with Crippen LogP contribution in [0.4, 0.5) is 4.79 Å². The number of nitrogens with zero attached hydrogens (tertiary/aromatic N) is 4. The number of sulfone groups is 1. The van der Waals surface area contributed by atoms with Crippen molar-refractivity contribution in [1.82, 2.24) is 4.90 Å². The van der Waals surface area contributed by atoms with Gasteiger partial charge in [0.15, 0.2) is 9.84 Å². The van der Waals surface area contributed by atoms with Gasteiger partial charge in [0.1, 0.15) is 0 Å². The average molecular weight is 498 g/mol. The van der Waals surface area contributed by atoms with E-state index in [1.54, 1.807) is 29.2 Å². The summed E-state index contributed by atoms with van der Waals surface area (Å²) in [6.45, 7) is 5.17. The van der Waals surface area contributed by atoms with Crippen LogP contribution >= 0.6 is 0 Å². The van der Waals surface area contributed by atoms with Crippen molar-refractivity contribution in [2.24, 2.45) is 10.8 Å². The van der Waals surface area contributed by atoms with E-state index in [2.05, 4.69) is 10.0 Å². The van der Waals surface area contributed by atoms with Gasteiger partial charge in [-0.15, -0.1) is 0 Å². The fourth-order valence-electron chi connectivity index (χ4n) is 3.35. The van der Waals surface area contributed by atoms with E-state index in [1.807, 2.05) is 13.8 Å². The number of nitrogens with two attached hydrogens (primary N) is 1. The van der Waals surface area contributed by atoms with Gasteiger partial charge in [0.25, 0.3) is 5.91 Å². The molecule has 0 aliphatic carbocycles. The van der Waals surface area contributed by atoms with Crippen molar-refractivity contribution in [3.05, 3.63) is 45.8 Å². The number of hydrogen-bond acceptors (Lipinski definition) is 7. The summed E-state index contributed by atoms with van der Waals surface area (Å²) in [6.07, 6.45) is 2.25. The van der Waals surface area contributed by atoms with Crippen molar-refractivity contribution in [2.75, 3.05) is 32.5 Å². The van der Waals surface area contributed by atoms with Crippen molar-refractivity contribution in [1.29, 1.82) is 0 Å². The summed E-state index contributed by atoms with van der Waals surface area (Å²) in [6, 6.07) is 6.37. The summed E-state index contributed by atoms with van der Waals surface area (Å²) >= 11 is 0. The van der Waals surface area contributed by atoms with E-state index in [1.165, 1.54) is 0 Å². The first-order valence-electron chi connectivity index (χ1n) is 11.3. The molecule has 2 atom stereocenters. The Hall–Kier alpha value is -2.82. The van der Waals surface area contributed by atoms with Crippen molar-refractivity contribution in [2.45, 2.75) is 57.5 Å². The maximum Gasteiger partial charge on any atom is 0.407 e. The summed E-state index contributed by atoms with van der Waals surface area (Å²) in [5, 5.41) is 2.68.